The number of sulfonamides is 1. The van der Waals surface area contributed by atoms with E-state index in [1.807, 2.05) is 37.3 Å². The number of carbonyl (C=O) groups excluding carboxylic acids is 1. The number of hydrazone groups is 1. The fraction of sp³-hybridized carbons (Fsp3) is 0.133. The van der Waals surface area contributed by atoms with Crippen LogP contribution in [0.4, 0.5) is 10.1 Å². The number of nitrogens with zero attached hydrogens (tertiary/aromatic N) is 2. The molecule has 0 atom stereocenters. The molecule has 0 fully saturated rings. The van der Waals surface area contributed by atoms with Gasteiger partial charge in [-0.2, -0.15) is 5.10 Å². The van der Waals surface area contributed by atoms with E-state index < -0.39 is 28.3 Å². The zero-order chi connectivity index (χ0) is 28.5. The zero-order valence-corrected chi connectivity index (χ0v) is 22.8. The van der Waals surface area contributed by atoms with Crippen LogP contribution in [0.2, 0.25) is 0 Å². The summed E-state index contributed by atoms with van der Waals surface area (Å²) in [5.41, 5.74) is 4.52. The van der Waals surface area contributed by atoms with Gasteiger partial charge in [0, 0.05) is 0 Å². The molecule has 0 heterocycles. The summed E-state index contributed by atoms with van der Waals surface area (Å²) < 4.78 is 53.4. The molecule has 0 saturated carbocycles. The van der Waals surface area contributed by atoms with Crippen LogP contribution in [0.25, 0.3) is 0 Å². The standard InChI is InChI=1S/C30H28FN3O5S/c1-22-12-15-25(16-13-22)40(36,37)34(27-11-7-6-10-26(27)31)20-30(35)33-32-19-24-14-17-28(29(18-24)38-2)39-21-23-8-4-3-5-9-23/h3-19H,20-21H2,1-2H3,(H,33,35)/b32-19-. The van der Waals surface area contributed by atoms with Gasteiger partial charge in [-0.25, -0.2) is 18.2 Å². The number of rotatable bonds is 11. The van der Waals surface area contributed by atoms with Crippen molar-refractivity contribution in [1.82, 2.24) is 5.43 Å². The highest BCUT2D eigenvalue weighted by Crippen LogP contribution is 2.29. The van der Waals surface area contributed by atoms with Crippen LogP contribution >= 0.6 is 0 Å². The van der Waals surface area contributed by atoms with Crippen molar-refractivity contribution < 1.29 is 27.1 Å². The van der Waals surface area contributed by atoms with Crippen LogP contribution in [0.15, 0.2) is 107 Å². The number of hydrogen-bond acceptors (Lipinski definition) is 6. The summed E-state index contributed by atoms with van der Waals surface area (Å²) >= 11 is 0. The lowest BCUT2D eigenvalue weighted by atomic mass is 10.2. The Morgan fingerprint density at radius 2 is 1.65 bits per heavy atom. The molecule has 0 saturated heterocycles. The van der Waals surface area contributed by atoms with Gasteiger partial charge >= 0.3 is 0 Å². The van der Waals surface area contributed by atoms with Gasteiger partial charge in [0.2, 0.25) is 0 Å². The molecule has 10 heteroatoms. The first kappa shape index (κ1) is 28.3. The third-order valence-electron chi connectivity index (χ3n) is 5.85. The average molecular weight is 562 g/mol. The second-order valence-corrected chi connectivity index (χ2v) is 10.6. The molecule has 0 unspecified atom stereocenters. The molecule has 8 nitrogen and oxygen atoms in total. The van der Waals surface area contributed by atoms with Crippen LogP contribution < -0.4 is 19.2 Å². The van der Waals surface area contributed by atoms with Gasteiger partial charge in [-0.1, -0.05) is 60.2 Å². The number of hydrogen-bond donors (Lipinski definition) is 1. The van der Waals surface area contributed by atoms with Crippen LogP contribution in [0, 0.1) is 12.7 Å². The number of anilines is 1. The number of nitrogens with one attached hydrogen (secondary N) is 1. The number of amides is 1. The van der Waals surface area contributed by atoms with Crippen molar-refractivity contribution in [1.29, 1.82) is 0 Å². The molecule has 0 bridgehead atoms. The van der Waals surface area contributed by atoms with E-state index in [4.69, 9.17) is 9.47 Å². The Morgan fingerprint density at radius 1 is 0.950 bits per heavy atom. The minimum Gasteiger partial charge on any atom is -0.493 e. The minimum atomic E-state index is -4.25. The summed E-state index contributed by atoms with van der Waals surface area (Å²) in [5, 5.41) is 3.94. The largest absolute Gasteiger partial charge is 0.493 e. The van der Waals surface area contributed by atoms with E-state index in [9.17, 15) is 17.6 Å². The Labute approximate surface area is 232 Å². The van der Waals surface area contributed by atoms with E-state index in [0.29, 0.717) is 23.7 Å². The van der Waals surface area contributed by atoms with Crippen LogP contribution in [0.3, 0.4) is 0 Å². The average Bonchev–Trinajstić information content (AvgIpc) is 2.96. The fourth-order valence-electron chi connectivity index (χ4n) is 3.75. The van der Waals surface area contributed by atoms with E-state index >= 15 is 0 Å². The van der Waals surface area contributed by atoms with Crippen LogP contribution in [0.1, 0.15) is 16.7 Å². The van der Waals surface area contributed by atoms with Gasteiger partial charge in [-0.15, -0.1) is 0 Å². The van der Waals surface area contributed by atoms with Crippen molar-refractivity contribution in [3.05, 3.63) is 120 Å². The highest BCUT2D eigenvalue weighted by molar-refractivity contribution is 7.92. The van der Waals surface area contributed by atoms with Crippen molar-refractivity contribution in [2.45, 2.75) is 18.4 Å². The van der Waals surface area contributed by atoms with Gasteiger partial charge in [0.25, 0.3) is 15.9 Å². The van der Waals surface area contributed by atoms with Crippen molar-refractivity contribution in [2.24, 2.45) is 5.10 Å². The molecule has 1 N–H and O–H groups in total. The van der Waals surface area contributed by atoms with E-state index in [-0.39, 0.29) is 10.6 Å². The monoisotopic (exact) mass is 561 g/mol. The first-order chi connectivity index (χ1) is 19.3. The summed E-state index contributed by atoms with van der Waals surface area (Å²) in [6, 6.07) is 26.3. The molecule has 0 spiro atoms. The van der Waals surface area contributed by atoms with Crippen molar-refractivity contribution in [2.75, 3.05) is 18.0 Å². The molecule has 4 rings (SSSR count). The number of carbonyl (C=O) groups is 1. The maximum Gasteiger partial charge on any atom is 0.264 e. The predicted octanol–water partition coefficient (Wildman–Crippen LogP) is 5.07. The van der Waals surface area contributed by atoms with Gasteiger partial charge in [-0.05, 0) is 60.5 Å². The lowest BCUT2D eigenvalue weighted by Crippen LogP contribution is -2.40. The Kier molecular flexibility index (Phi) is 9.13. The van der Waals surface area contributed by atoms with E-state index in [0.717, 1.165) is 21.5 Å². The molecule has 4 aromatic carbocycles. The van der Waals surface area contributed by atoms with E-state index in [1.165, 1.54) is 43.7 Å². The molecule has 0 aliphatic heterocycles. The molecule has 0 aliphatic rings. The zero-order valence-electron chi connectivity index (χ0n) is 22.0. The Balaban J connectivity index is 1.47. The Bertz CT molecular complexity index is 1590. The highest BCUT2D eigenvalue weighted by atomic mass is 32.2. The number of benzene rings is 4. The number of halogens is 1. The normalized spacial score (nSPS) is 11.3. The van der Waals surface area contributed by atoms with Crippen molar-refractivity contribution >= 4 is 27.8 Å². The molecular formula is C30H28FN3O5S. The summed E-state index contributed by atoms with van der Waals surface area (Å²) in [6.45, 7) is 1.49. The molecule has 40 heavy (non-hydrogen) atoms. The van der Waals surface area contributed by atoms with Crippen LogP contribution in [0.5, 0.6) is 11.5 Å². The lowest BCUT2D eigenvalue weighted by Gasteiger charge is -2.24. The molecular weight excluding hydrogens is 533 g/mol. The summed E-state index contributed by atoms with van der Waals surface area (Å²) in [5.74, 6) is -0.531. The molecule has 0 radical (unpaired) electrons. The predicted molar refractivity (Wildman–Crippen MR) is 152 cm³/mol. The van der Waals surface area contributed by atoms with Crippen molar-refractivity contribution in [3.63, 3.8) is 0 Å². The van der Waals surface area contributed by atoms with Gasteiger partial charge in [0.1, 0.15) is 19.0 Å². The van der Waals surface area contributed by atoms with Gasteiger partial charge < -0.3 is 9.47 Å². The highest BCUT2D eigenvalue weighted by Gasteiger charge is 2.29. The van der Waals surface area contributed by atoms with Crippen LogP contribution in [-0.2, 0) is 21.4 Å². The number of ether oxygens (including phenoxy) is 2. The molecule has 1 amide bonds. The number of aryl methyl sites for hydroxylation is 1. The van der Waals surface area contributed by atoms with Gasteiger partial charge in [-0.3, -0.25) is 9.10 Å². The van der Waals surface area contributed by atoms with Crippen molar-refractivity contribution in [3.8, 4) is 11.5 Å². The number of methoxy groups -OCH3 is 1. The first-order valence-corrected chi connectivity index (χ1v) is 13.7. The first-order valence-electron chi connectivity index (χ1n) is 12.3. The third kappa shape index (κ3) is 7.03. The molecule has 0 aromatic heterocycles. The van der Waals surface area contributed by atoms with Gasteiger partial charge in [0.05, 0.1) is 23.9 Å². The molecule has 4 aromatic rings. The summed E-state index contributed by atoms with van der Waals surface area (Å²) in [4.78, 5) is 12.7. The Hall–Kier alpha value is -4.70. The second-order valence-electron chi connectivity index (χ2n) is 8.75. The SMILES string of the molecule is COc1cc(/C=N\NC(=O)CN(c2ccccc2F)S(=O)(=O)c2ccc(C)cc2)ccc1OCc1ccccc1. The lowest BCUT2D eigenvalue weighted by molar-refractivity contribution is -0.119. The topological polar surface area (TPSA) is 97.3 Å². The fourth-order valence-corrected chi connectivity index (χ4v) is 5.18. The van der Waals surface area contributed by atoms with E-state index in [1.54, 1.807) is 30.3 Å². The minimum absolute atomic E-state index is 0.0701. The summed E-state index contributed by atoms with van der Waals surface area (Å²) in [6.07, 6.45) is 1.38. The van der Waals surface area contributed by atoms with E-state index in [2.05, 4.69) is 10.5 Å². The maximum absolute atomic E-state index is 14.6. The maximum atomic E-state index is 14.6. The Morgan fingerprint density at radius 3 is 2.35 bits per heavy atom. The quantitative estimate of drug-likeness (QED) is 0.204. The molecule has 0 aliphatic carbocycles. The van der Waals surface area contributed by atoms with Crippen LogP contribution in [-0.4, -0.2) is 34.2 Å². The summed E-state index contributed by atoms with van der Waals surface area (Å²) in [7, 11) is -2.74. The smallest absolute Gasteiger partial charge is 0.264 e. The second kappa shape index (κ2) is 12.9. The molecule has 206 valence electrons. The van der Waals surface area contributed by atoms with Gasteiger partial charge in [0.15, 0.2) is 11.5 Å². The third-order valence-corrected chi connectivity index (χ3v) is 7.62. The number of para-hydroxylation sites is 1.